The number of unbranched alkanes of at least 4 members (excludes halogenated alkanes) is 32. The Hall–Kier alpha value is -3.46. The molecule has 83 heavy (non-hydrogen) atoms. The molecule has 0 aromatic carbocycles. The molecule has 4 atom stereocenters. The van der Waals surface area contributed by atoms with E-state index in [0.717, 1.165) is 103 Å². The van der Waals surface area contributed by atoms with Crippen molar-refractivity contribution in [3.63, 3.8) is 0 Å². The van der Waals surface area contributed by atoms with Gasteiger partial charge in [-0.15, -0.1) is 0 Å². The molecule has 2 amide bonds. The molecule has 0 bridgehead atoms. The molecule has 4 N–H and O–H groups in total. The second-order valence-electron chi connectivity index (χ2n) is 24.2. The number of ketones is 2. The van der Waals surface area contributed by atoms with Crippen LogP contribution in [-0.4, -0.2) is 108 Å². The van der Waals surface area contributed by atoms with E-state index in [-0.39, 0.29) is 82.1 Å². The summed E-state index contributed by atoms with van der Waals surface area (Å²) in [4.78, 5) is 76.8. The summed E-state index contributed by atoms with van der Waals surface area (Å²) in [6.07, 6.45) is 47.4. The number of aliphatic hydroxyl groups is 2. The first-order valence-electron chi connectivity index (χ1n) is 34.0. The maximum Gasteiger partial charge on any atom is 0.306 e. The van der Waals surface area contributed by atoms with Crippen LogP contribution >= 0.6 is 0 Å². The van der Waals surface area contributed by atoms with Gasteiger partial charge in [-0.2, -0.15) is 0 Å². The maximum atomic E-state index is 12.9. The first-order valence-corrected chi connectivity index (χ1v) is 34.0. The van der Waals surface area contributed by atoms with Gasteiger partial charge >= 0.3 is 11.9 Å². The van der Waals surface area contributed by atoms with Crippen LogP contribution in [-0.2, 0) is 47.7 Å². The summed E-state index contributed by atoms with van der Waals surface area (Å²) in [6, 6.07) is -1.64. The molecule has 0 heterocycles. The second kappa shape index (κ2) is 57.6. The Labute approximate surface area is 506 Å². The van der Waals surface area contributed by atoms with Gasteiger partial charge in [-0.05, 0) is 58.8 Å². The average Bonchev–Trinajstić information content (AvgIpc) is 3.47. The van der Waals surface area contributed by atoms with Gasteiger partial charge in [-0.1, -0.05) is 245 Å². The molecule has 0 aliphatic heterocycles. The van der Waals surface area contributed by atoms with Crippen molar-refractivity contribution in [2.24, 2.45) is 0 Å². The van der Waals surface area contributed by atoms with Crippen molar-refractivity contribution in [1.82, 2.24) is 10.6 Å². The van der Waals surface area contributed by atoms with Gasteiger partial charge < -0.3 is 39.8 Å². The maximum absolute atomic E-state index is 12.9. The van der Waals surface area contributed by atoms with E-state index in [0.29, 0.717) is 19.3 Å². The van der Waals surface area contributed by atoms with Crippen molar-refractivity contribution in [1.29, 1.82) is 0 Å². The molecule has 0 spiro atoms. The quantitative estimate of drug-likeness (QED) is 0.0255. The van der Waals surface area contributed by atoms with Crippen molar-refractivity contribution in [2.45, 2.75) is 348 Å². The van der Waals surface area contributed by atoms with E-state index in [1.54, 1.807) is 26.0 Å². The minimum absolute atomic E-state index is 0.0994. The molecule has 0 saturated carbocycles. The van der Waals surface area contributed by atoms with Crippen LogP contribution in [0.4, 0.5) is 0 Å². The Morgan fingerprint density at radius 1 is 0.410 bits per heavy atom. The Balaban J connectivity index is 4.85. The molecular formula is C69H126N2O12. The number of allylic oxidation sites excluding steroid dienone is 2. The third kappa shape index (κ3) is 53.7. The highest BCUT2D eigenvalue weighted by Gasteiger charge is 2.25. The summed E-state index contributed by atoms with van der Waals surface area (Å²) in [5, 5.41) is 27.9. The van der Waals surface area contributed by atoms with Gasteiger partial charge in [0.05, 0.1) is 42.7 Å². The molecule has 0 aromatic heterocycles. The molecule has 14 nitrogen and oxygen atoms in total. The van der Waals surface area contributed by atoms with Crippen LogP contribution in [0.25, 0.3) is 0 Å². The lowest BCUT2D eigenvalue weighted by Gasteiger charge is -2.25. The minimum Gasteiger partial charge on any atom is -0.463 e. The van der Waals surface area contributed by atoms with E-state index in [1.807, 2.05) is 12.2 Å². The first kappa shape index (κ1) is 79.5. The van der Waals surface area contributed by atoms with Crippen LogP contribution < -0.4 is 10.6 Å². The van der Waals surface area contributed by atoms with E-state index < -0.39 is 41.8 Å². The normalized spacial score (nSPS) is 13.3. The number of ether oxygens (including phenoxy) is 4. The van der Waals surface area contributed by atoms with Gasteiger partial charge in [0.1, 0.15) is 26.4 Å². The summed E-state index contributed by atoms with van der Waals surface area (Å²) >= 11 is 0. The van der Waals surface area contributed by atoms with Crippen molar-refractivity contribution in [3.8, 4) is 0 Å². The first-order chi connectivity index (χ1) is 40.2. The Morgan fingerprint density at radius 3 is 1.07 bits per heavy atom. The van der Waals surface area contributed by atoms with Gasteiger partial charge in [0.25, 0.3) is 0 Å². The number of rotatable bonds is 62. The Kier molecular flexibility index (Phi) is 55.2. The lowest BCUT2D eigenvalue weighted by atomic mass is 10.0. The topological polar surface area (TPSA) is 204 Å². The van der Waals surface area contributed by atoms with Gasteiger partial charge in [0, 0.05) is 32.3 Å². The van der Waals surface area contributed by atoms with Gasteiger partial charge in [-0.25, -0.2) is 0 Å². The molecule has 0 aliphatic rings. The Morgan fingerprint density at radius 2 is 0.723 bits per heavy atom. The summed E-state index contributed by atoms with van der Waals surface area (Å²) in [6.45, 7) is 11.7. The van der Waals surface area contributed by atoms with Crippen LogP contribution in [0.5, 0.6) is 0 Å². The molecule has 0 aliphatic carbocycles. The zero-order valence-corrected chi connectivity index (χ0v) is 54.0. The summed E-state index contributed by atoms with van der Waals surface area (Å²) in [5.74, 6) is -2.21. The van der Waals surface area contributed by atoms with E-state index >= 15 is 0 Å². The number of carbonyl (C=O) groups is 6. The minimum atomic E-state index is -1.04. The smallest absolute Gasteiger partial charge is 0.306 e. The van der Waals surface area contributed by atoms with Crippen LogP contribution in [0.3, 0.4) is 0 Å². The number of esters is 2. The third-order valence-electron chi connectivity index (χ3n) is 15.4. The predicted octanol–water partition coefficient (Wildman–Crippen LogP) is 15.7. The average molecular weight is 1180 g/mol. The van der Waals surface area contributed by atoms with Crippen molar-refractivity contribution >= 4 is 35.3 Å². The van der Waals surface area contributed by atoms with Crippen molar-refractivity contribution < 1.29 is 57.9 Å². The number of Topliss-reactive ketones (excluding diaryl/α,β-unsaturated/α-hetero) is 2. The zero-order valence-electron chi connectivity index (χ0n) is 54.0. The summed E-state index contributed by atoms with van der Waals surface area (Å²) in [7, 11) is 0. The molecule has 0 fully saturated rings. The molecule has 14 heteroatoms. The van der Waals surface area contributed by atoms with Crippen LogP contribution in [0.1, 0.15) is 318 Å². The highest BCUT2D eigenvalue weighted by molar-refractivity contribution is 5.84. The van der Waals surface area contributed by atoms with Crippen LogP contribution in [0.15, 0.2) is 24.3 Å². The molecular weight excluding hydrogens is 1050 g/mol. The molecule has 4 unspecified atom stereocenters. The fourth-order valence-corrected chi connectivity index (χ4v) is 9.72. The summed E-state index contributed by atoms with van der Waals surface area (Å²) < 4.78 is 22.4. The van der Waals surface area contributed by atoms with Gasteiger partial charge in [0.15, 0.2) is 11.6 Å². The van der Waals surface area contributed by atoms with Crippen molar-refractivity contribution in [3.05, 3.63) is 24.3 Å². The molecule has 0 saturated heterocycles. The molecule has 0 radical (unpaired) electrons. The number of amides is 2. The SMILES string of the molecule is CCCCCCCCCCCCC/C=C/C(O)C(COC(=O)CCC(=O)COCCC(C)(C)OCC(=O)CCC(=O)OCC(NC(=O)CCCCCCCC)C(O)/C=C/CCCCCCCCCCCCC)NC(=O)CCCCCCCC. The number of hydrogen-bond acceptors (Lipinski definition) is 12. The molecule has 484 valence electrons. The monoisotopic (exact) mass is 1170 g/mol. The van der Waals surface area contributed by atoms with E-state index in [2.05, 4.69) is 38.3 Å². The van der Waals surface area contributed by atoms with Crippen LogP contribution in [0, 0.1) is 0 Å². The lowest BCUT2D eigenvalue weighted by molar-refractivity contribution is -0.147. The predicted molar refractivity (Wildman–Crippen MR) is 338 cm³/mol. The highest BCUT2D eigenvalue weighted by Crippen LogP contribution is 2.18. The molecule has 0 aromatic rings. The second-order valence-corrected chi connectivity index (χ2v) is 24.2. The standard InChI is InChI=1S/C69H126N2O12/c1-7-11-15-19-23-25-27-29-31-33-35-37-41-45-63(74)61(70-65(76)47-43-39-21-17-13-9-3)57-81-67(78)51-49-59(72)55-80-54-53-69(5,6)83-56-60(73)50-52-68(79)82-58-62(71-66(77)48-44-40-22-18-14-10-4)64(75)46-42-38-36-34-32-30-28-26-24-20-16-12-8-2/h41-42,45-46,61-64,74-75H,7-40,43-44,47-58H2,1-6H3,(H,70,76)(H,71,77)/b45-41+,46-42+. The Bertz CT molecular complexity index is 1650. The highest BCUT2D eigenvalue weighted by atomic mass is 16.5. The van der Waals surface area contributed by atoms with Crippen molar-refractivity contribution in [2.75, 3.05) is 33.0 Å². The van der Waals surface area contributed by atoms with E-state index in [9.17, 15) is 39.0 Å². The fraction of sp³-hybridized carbons (Fsp3) is 0.855. The lowest BCUT2D eigenvalue weighted by Crippen LogP contribution is -2.46. The largest absolute Gasteiger partial charge is 0.463 e. The van der Waals surface area contributed by atoms with E-state index in [4.69, 9.17) is 18.9 Å². The fourth-order valence-electron chi connectivity index (χ4n) is 9.72. The third-order valence-corrected chi connectivity index (χ3v) is 15.4. The molecule has 0 rings (SSSR count). The van der Waals surface area contributed by atoms with E-state index in [1.165, 1.54) is 128 Å². The number of nitrogens with one attached hydrogen (secondary N) is 2. The van der Waals surface area contributed by atoms with Gasteiger partial charge in [0.2, 0.25) is 11.8 Å². The summed E-state index contributed by atoms with van der Waals surface area (Å²) in [5.41, 5.74) is -0.784. The zero-order chi connectivity index (χ0) is 61.3. The number of hydrogen-bond donors (Lipinski definition) is 4. The number of carbonyl (C=O) groups excluding carboxylic acids is 6. The van der Waals surface area contributed by atoms with Crippen LogP contribution in [0.2, 0.25) is 0 Å². The number of aliphatic hydroxyl groups excluding tert-OH is 2. The van der Waals surface area contributed by atoms with Gasteiger partial charge in [-0.3, -0.25) is 28.8 Å².